The van der Waals surface area contributed by atoms with Crippen molar-refractivity contribution in [3.8, 4) is 0 Å². The second-order valence-corrected chi connectivity index (χ2v) is 8.90. The van der Waals surface area contributed by atoms with E-state index >= 15 is 0 Å². The average molecular weight is 453 g/mol. The van der Waals surface area contributed by atoms with E-state index in [0.29, 0.717) is 23.0 Å². The number of carbonyl (C=O) groups excluding carboxylic acids is 2. The van der Waals surface area contributed by atoms with Crippen LogP contribution in [0.2, 0.25) is 10.0 Å². The Bertz CT molecular complexity index is 811. The lowest BCUT2D eigenvalue weighted by Gasteiger charge is -2.31. The lowest BCUT2D eigenvalue weighted by atomic mass is 10.1. The molecule has 0 heterocycles. The zero-order valence-electron chi connectivity index (χ0n) is 16.8. The summed E-state index contributed by atoms with van der Waals surface area (Å²) in [5.74, 6) is 0.00712. The van der Waals surface area contributed by atoms with E-state index in [-0.39, 0.29) is 23.6 Å². The van der Waals surface area contributed by atoms with Crippen molar-refractivity contribution in [3.05, 3.63) is 64.1 Å². The molecule has 0 saturated heterocycles. The molecule has 156 valence electrons. The summed E-state index contributed by atoms with van der Waals surface area (Å²) in [7, 11) is 0. The van der Waals surface area contributed by atoms with Crippen LogP contribution in [0.4, 0.5) is 0 Å². The third kappa shape index (κ3) is 7.57. The van der Waals surface area contributed by atoms with E-state index in [9.17, 15) is 9.59 Å². The summed E-state index contributed by atoms with van der Waals surface area (Å²) in [6.45, 7) is 6.08. The molecule has 2 amide bonds. The van der Waals surface area contributed by atoms with Gasteiger partial charge in [0, 0.05) is 27.5 Å². The number of nitrogens with zero attached hydrogens (tertiary/aromatic N) is 1. The molecule has 1 atom stereocenters. The highest BCUT2D eigenvalue weighted by atomic mass is 35.5. The monoisotopic (exact) mass is 452 g/mol. The molecule has 0 saturated carbocycles. The van der Waals surface area contributed by atoms with Gasteiger partial charge in [-0.1, -0.05) is 42.3 Å². The highest BCUT2D eigenvalue weighted by Crippen LogP contribution is 2.22. The molecule has 2 rings (SSSR count). The molecular formula is C22H26Cl2N2O2S. The smallest absolute Gasteiger partial charge is 0.243 e. The lowest BCUT2D eigenvalue weighted by molar-refractivity contribution is -0.139. The van der Waals surface area contributed by atoms with Crippen molar-refractivity contribution in [3.63, 3.8) is 0 Å². The van der Waals surface area contributed by atoms with Gasteiger partial charge < -0.3 is 10.2 Å². The number of nitrogens with one attached hydrogen (secondary N) is 1. The van der Waals surface area contributed by atoms with Gasteiger partial charge in [0.25, 0.3) is 0 Å². The predicted molar refractivity (Wildman–Crippen MR) is 122 cm³/mol. The topological polar surface area (TPSA) is 49.4 Å². The first-order valence-electron chi connectivity index (χ1n) is 9.52. The van der Waals surface area contributed by atoms with Crippen molar-refractivity contribution in [1.29, 1.82) is 0 Å². The number of thioether (sulfide) groups is 1. The number of hydrogen-bond acceptors (Lipinski definition) is 3. The normalized spacial score (nSPS) is 11.9. The molecule has 7 heteroatoms. The van der Waals surface area contributed by atoms with Crippen LogP contribution < -0.4 is 5.32 Å². The van der Waals surface area contributed by atoms with Crippen LogP contribution in [0.5, 0.6) is 0 Å². The first-order valence-corrected chi connectivity index (χ1v) is 11.3. The van der Waals surface area contributed by atoms with Crippen LogP contribution in [0.15, 0.2) is 53.4 Å². The molecule has 0 aliphatic heterocycles. The SMILES string of the molecule is CC[C@@H](C(=O)NC(C)C)N(Cc1ccc(Cl)cc1)C(=O)CSc1ccc(Cl)cc1. The summed E-state index contributed by atoms with van der Waals surface area (Å²) in [6.07, 6.45) is 0.531. The van der Waals surface area contributed by atoms with Gasteiger partial charge in [-0.3, -0.25) is 9.59 Å². The zero-order chi connectivity index (χ0) is 21.4. The van der Waals surface area contributed by atoms with Crippen molar-refractivity contribution in [2.24, 2.45) is 0 Å². The van der Waals surface area contributed by atoms with E-state index in [0.717, 1.165) is 10.5 Å². The van der Waals surface area contributed by atoms with E-state index in [1.807, 2.05) is 45.0 Å². The number of hydrogen-bond donors (Lipinski definition) is 1. The molecule has 2 aromatic carbocycles. The fourth-order valence-electron chi connectivity index (χ4n) is 2.85. The van der Waals surface area contributed by atoms with Crippen molar-refractivity contribution in [2.75, 3.05) is 5.75 Å². The molecular weight excluding hydrogens is 427 g/mol. The Hall–Kier alpha value is -1.69. The summed E-state index contributed by atoms with van der Waals surface area (Å²) >= 11 is 13.3. The second kappa shape index (κ2) is 11.5. The Balaban J connectivity index is 2.18. The molecule has 0 aromatic heterocycles. The molecule has 0 aliphatic carbocycles. The third-order valence-electron chi connectivity index (χ3n) is 4.26. The lowest BCUT2D eigenvalue weighted by Crippen LogP contribution is -2.50. The fraction of sp³-hybridized carbons (Fsp3) is 0.364. The predicted octanol–water partition coefficient (Wildman–Crippen LogP) is 5.42. The highest BCUT2D eigenvalue weighted by Gasteiger charge is 2.28. The second-order valence-electron chi connectivity index (χ2n) is 6.98. The van der Waals surface area contributed by atoms with Crippen molar-refractivity contribution in [1.82, 2.24) is 10.2 Å². The van der Waals surface area contributed by atoms with Gasteiger partial charge in [0.05, 0.1) is 5.75 Å². The van der Waals surface area contributed by atoms with Crippen LogP contribution in [0.1, 0.15) is 32.8 Å². The van der Waals surface area contributed by atoms with E-state index in [2.05, 4.69) is 5.32 Å². The van der Waals surface area contributed by atoms with Gasteiger partial charge in [-0.2, -0.15) is 0 Å². The van der Waals surface area contributed by atoms with Crippen molar-refractivity contribution >= 4 is 46.8 Å². The molecule has 1 N–H and O–H groups in total. The van der Waals surface area contributed by atoms with Crippen molar-refractivity contribution < 1.29 is 9.59 Å². The minimum absolute atomic E-state index is 0.00692. The average Bonchev–Trinajstić information content (AvgIpc) is 2.68. The van der Waals surface area contributed by atoms with Gasteiger partial charge in [-0.25, -0.2) is 0 Å². The summed E-state index contributed by atoms with van der Waals surface area (Å²) < 4.78 is 0. The van der Waals surface area contributed by atoms with Gasteiger partial charge in [0.1, 0.15) is 6.04 Å². The highest BCUT2D eigenvalue weighted by molar-refractivity contribution is 8.00. The standard InChI is InChI=1S/C22H26Cl2N2O2S/c1-4-20(22(28)25-15(2)3)26(13-16-5-7-17(23)8-6-16)21(27)14-29-19-11-9-18(24)10-12-19/h5-12,15,20H,4,13-14H2,1-3H3,(H,25,28)/t20-/m0/s1. The number of benzene rings is 2. The Morgan fingerprint density at radius 3 is 2.07 bits per heavy atom. The first-order chi connectivity index (χ1) is 13.8. The van der Waals surface area contributed by atoms with Crippen LogP contribution in [-0.4, -0.2) is 34.6 Å². The maximum Gasteiger partial charge on any atom is 0.243 e. The molecule has 0 spiro atoms. The Morgan fingerprint density at radius 2 is 1.55 bits per heavy atom. The number of carbonyl (C=O) groups is 2. The molecule has 4 nitrogen and oxygen atoms in total. The Kier molecular flexibility index (Phi) is 9.34. The number of amides is 2. The minimum Gasteiger partial charge on any atom is -0.352 e. The van der Waals surface area contributed by atoms with Crippen LogP contribution >= 0.6 is 35.0 Å². The molecule has 0 fully saturated rings. The molecule has 0 unspecified atom stereocenters. The maximum absolute atomic E-state index is 13.1. The molecule has 0 aliphatic rings. The molecule has 29 heavy (non-hydrogen) atoms. The van der Waals surface area contributed by atoms with Crippen LogP contribution in [-0.2, 0) is 16.1 Å². The molecule has 0 bridgehead atoms. The van der Waals surface area contributed by atoms with Gasteiger partial charge >= 0.3 is 0 Å². The Labute approximate surface area is 187 Å². The van der Waals surface area contributed by atoms with E-state index in [4.69, 9.17) is 23.2 Å². The molecule has 2 aromatic rings. The first kappa shape index (κ1) is 23.6. The number of rotatable bonds is 9. The summed E-state index contributed by atoms with van der Waals surface area (Å²) in [5.41, 5.74) is 0.926. The van der Waals surface area contributed by atoms with Gasteiger partial charge in [-0.05, 0) is 62.2 Å². The Morgan fingerprint density at radius 1 is 1.00 bits per heavy atom. The largest absolute Gasteiger partial charge is 0.352 e. The van der Waals surface area contributed by atoms with E-state index in [1.54, 1.807) is 29.2 Å². The maximum atomic E-state index is 13.1. The quantitative estimate of drug-likeness (QED) is 0.516. The van der Waals surface area contributed by atoms with Crippen LogP contribution in [0, 0.1) is 0 Å². The van der Waals surface area contributed by atoms with Crippen LogP contribution in [0.3, 0.4) is 0 Å². The van der Waals surface area contributed by atoms with Crippen molar-refractivity contribution in [2.45, 2.75) is 50.7 Å². The minimum atomic E-state index is -0.536. The van der Waals surface area contributed by atoms with Gasteiger partial charge in [0.2, 0.25) is 11.8 Å². The summed E-state index contributed by atoms with van der Waals surface area (Å²) in [4.78, 5) is 28.5. The summed E-state index contributed by atoms with van der Waals surface area (Å²) in [6, 6.07) is 14.2. The summed E-state index contributed by atoms with van der Waals surface area (Å²) in [5, 5.41) is 4.22. The van der Waals surface area contributed by atoms with E-state index < -0.39 is 6.04 Å². The zero-order valence-corrected chi connectivity index (χ0v) is 19.2. The van der Waals surface area contributed by atoms with Gasteiger partial charge in [0.15, 0.2) is 0 Å². The van der Waals surface area contributed by atoms with Gasteiger partial charge in [-0.15, -0.1) is 11.8 Å². The fourth-order valence-corrected chi connectivity index (χ4v) is 3.88. The van der Waals surface area contributed by atoms with E-state index in [1.165, 1.54) is 11.8 Å². The number of halogens is 2. The third-order valence-corrected chi connectivity index (χ3v) is 5.76. The van der Waals surface area contributed by atoms with Crippen LogP contribution in [0.25, 0.3) is 0 Å². The molecule has 0 radical (unpaired) electrons.